The first-order chi connectivity index (χ1) is 17.5. The zero-order valence-electron chi connectivity index (χ0n) is 21.0. The number of carbonyl (C=O) groups excluding carboxylic acids is 3. The first kappa shape index (κ1) is 25.9. The first-order valence-corrected chi connectivity index (χ1v) is 12.4. The van der Waals surface area contributed by atoms with Gasteiger partial charge in [0.05, 0.1) is 38.4 Å². The Morgan fingerprint density at radius 2 is 1.78 bits per heavy atom. The summed E-state index contributed by atoms with van der Waals surface area (Å²) < 4.78 is 16.5. The molecule has 2 aliphatic heterocycles. The second kappa shape index (κ2) is 11.7. The van der Waals surface area contributed by atoms with Gasteiger partial charge in [-0.25, -0.2) is 0 Å². The molecule has 4 rings (SSSR count). The van der Waals surface area contributed by atoms with E-state index in [9.17, 15) is 14.4 Å². The Labute approximate surface area is 212 Å². The molecule has 2 aliphatic rings. The molecular weight excluding hydrogens is 460 g/mol. The van der Waals surface area contributed by atoms with Crippen molar-refractivity contribution in [2.75, 3.05) is 40.5 Å². The van der Waals surface area contributed by atoms with Crippen molar-refractivity contribution in [3.8, 4) is 5.75 Å². The van der Waals surface area contributed by atoms with Crippen molar-refractivity contribution in [2.24, 2.45) is 0 Å². The number of carbonyl (C=O) groups is 3. The molecule has 0 unspecified atom stereocenters. The topological polar surface area (TPSA) is 85.4 Å². The lowest BCUT2D eigenvalue weighted by Gasteiger charge is -2.35. The summed E-state index contributed by atoms with van der Waals surface area (Å²) >= 11 is 0. The van der Waals surface area contributed by atoms with Gasteiger partial charge in [-0.3, -0.25) is 19.3 Å². The average Bonchev–Trinajstić information content (AvgIpc) is 3.16. The zero-order chi connectivity index (χ0) is 25.5. The summed E-state index contributed by atoms with van der Waals surface area (Å²) in [6.45, 7) is 2.07. The third kappa shape index (κ3) is 5.60. The van der Waals surface area contributed by atoms with E-state index in [1.807, 2.05) is 30.3 Å². The van der Waals surface area contributed by atoms with Crippen molar-refractivity contribution >= 4 is 17.7 Å². The van der Waals surface area contributed by atoms with E-state index in [1.165, 1.54) is 12.0 Å². The molecule has 1 atom stereocenters. The molecule has 0 aromatic heterocycles. The summed E-state index contributed by atoms with van der Waals surface area (Å²) in [6.07, 6.45) is 1.44. The van der Waals surface area contributed by atoms with E-state index in [0.29, 0.717) is 31.0 Å². The number of hydrogen-bond donors (Lipinski definition) is 0. The van der Waals surface area contributed by atoms with E-state index in [1.54, 1.807) is 36.3 Å². The van der Waals surface area contributed by atoms with Crippen LogP contribution in [-0.2, 0) is 35.9 Å². The molecule has 36 heavy (non-hydrogen) atoms. The maximum absolute atomic E-state index is 13.7. The molecule has 2 aromatic rings. The van der Waals surface area contributed by atoms with Crippen LogP contribution in [0.5, 0.6) is 5.75 Å². The normalized spacial score (nSPS) is 20.7. The second-order valence-corrected chi connectivity index (χ2v) is 9.39. The molecule has 2 heterocycles. The van der Waals surface area contributed by atoms with Gasteiger partial charge in [-0.1, -0.05) is 42.5 Å². The number of amides is 3. The third-order valence-electron chi connectivity index (χ3n) is 7.13. The summed E-state index contributed by atoms with van der Waals surface area (Å²) in [5, 5.41) is 0. The molecule has 0 bridgehead atoms. The molecule has 0 aliphatic carbocycles. The van der Waals surface area contributed by atoms with Crippen LogP contribution in [0.15, 0.2) is 54.6 Å². The number of piperidine rings is 1. The van der Waals surface area contributed by atoms with Crippen LogP contribution >= 0.6 is 0 Å². The molecule has 192 valence electrons. The van der Waals surface area contributed by atoms with E-state index >= 15 is 0 Å². The van der Waals surface area contributed by atoms with E-state index in [-0.39, 0.29) is 49.8 Å². The summed E-state index contributed by atoms with van der Waals surface area (Å²) in [6, 6.07) is 17.1. The van der Waals surface area contributed by atoms with Crippen molar-refractivity contribution < 1.29 is 28.6 Å². The number of methoxy groups -OCH3 is 2. The molecule has 0 saturated carbocycles. The van der Waals surface area contributed by atoms with E-state index in [2.05, 4.69) is 0 Å². The highest BCUT2D eigenvalue weighted by molar-refractivity contribution is 6.10. The van der Waals surface area contributed by atoms with E-state index < -0.39 is 5.41 Å². The highest BCUT2D eigenvalue weighted by Crippen LogP contribution is 2.41. The molecule has 2 saturated heterocycles. The Morgan fingerprint density at radius 3 is 2.47 bits per heavy atom. The standard InChI is InChI=1S/C28H34N2O6/c1-34-16-15-30-26(32)19-28(27(30)33,22-9-6-10-24(17-22)35-2)18-25(31)29-13-11-23(12-14-29)36-20-21-7-4-3-5-8-21/h3-10,17,23H,11-16,18-20H2,1-2H3/t28-/m0/s1. The SMILES string of the molecule is COCCN1C(=O)C[C@@](CC(=O)N2CCC(OCc3ccccc3)CC2)(c2cccc(OC)c2)C1=O. The monoisotopic (exact) mass is 494 g/mol. The van der Waals surface area contributed by atoms with Crippen molar-refractivity contribution in [1.82, 2.24) is 9.80 Å². The zero-order valence-corrected chi connectivity index (χ0v) is 21.0. The lowest BCUT2D eigenvalue weighted by Crippen LogP contribution is -2.46. The fraction of sp³-hybridized carbons (Fsp3) is 0.464. The number of hydrogen-bond acceptors (Lipinski definition) is 6. The smallest absolute Gasteiger partial charge is 0.240 e. The number of benzene rings is 2. The number of imide groups is 1. The quantitative estimate of drug-likeness (QED) is 0.472. The van der Waals surface area contributed by atoms with Crippen LogP contribution in [0.25, 0.3) is 0 Å². The molecule has 2 aromatic carbocycles. The van der Waals surface area contributed by atoms with Gasteiger partial charge >= 0.3 is 0 Å². The maximum atomic E-state index is 13.7. The van der Waals surface area contributed by atoms with Crippen LogP contribution < -0.4 is 4.74 Å². The minimum atomic E-state index is -1.25. The lowest BCUT2D eigenvalue weighted by atomic mass is 9.75. The summed E-state index contributed by atoms with van der Waals surface area (Å²) in [5.74, 6) is -0.201. The van der Waals surface area contributed by atoms with Gasteiger partial charge in [0.15, 0.2) is 0 Å². The second-order valence-electron chi connectivity index (χ2n) is 9.39. The number of rotatable bonds is 10. The van der Waals surface area contributed by atoms with Crippen LogP contribution in [0, 0.1) is 0 Å². The van der Waals surface area contributed by atoms with Gasteiger partial charge in [-0.2, -0.15) is 0 Å². The fourth-order valence-corrected chi connectivity index (χ4v) is 5.03. The lowest BCUT2D eigenvalue weighted by molar-refractivity contribution is -0.144. The van der Waals surface area contributed by atoms with Crippen molar-refractivity contribution in [1.29, 1.82) is 0 Å². The minimum Gasteiger partial charge on any atom is -0.497 e. The van der Waals surface area contributed by atoms with Crippen molar-refractivity contribution in [3.05, 3.63) is 65.7 Å². The molecular formula is C28H34N2O6. The Hall–Kier alpha value is -3.23. The molecule has 0 spiro atoms. The Kier molecular flexibility index (Phi) is 8.38. The predicted molar refractivity (Wildman–Crippen MR) is 133 cm³/mol. The number of ether oxygens (including phenoxy) is 3. The van der Waals surface area contributed by atoms with Crippen LogP contribution in [-0.4, -0.2) is 74.1 Å². The van der Waals surface area contributed by atoms with E-state index in [4.69, 9.17) is 14.2 Å². The summed E-state index contributed by atoms with van der Waals surface area (Å²) in [7, 11) is 3.07. The molecule has 3 amide bonds. The van der Waals surface area contributed by atoms with Gasteiger partial charge in [0.25, 0.3) is 0 Å². The Bertz CT molecular complexity index is 1070. The molecule has 2 fully saturated rings. The third-order valence-corrected chi connectivity index (χ3v) is 7.13. The average molecular weight is 495 g/mol. The van der Waals surface area contributed by atoms with Crippen LogP contribution in [0.2, 0.25) is 0 Å². The van der Waals surface area contributed by atoms with Gasteiger partial charge in [-0.15, -0.1) is 0 Å². The highest BCUT2D eigenvalue weighted by Gasteiger charge is 2.54. The van der Waals surface area contributed by atoms with Gasteiger partial charge in [-0.05, 0) is 36.1 Å². The highest BCUT2D eigenvalue weighted by atomic mass is 16.5. The van der Waals surface area contributed by atoms with Crippen molar-refractivity contribution in [2.45, 2.75) is 43.8 Å². The van der Waals surface area contributed by atoms with Crippen LogP contribution in [0.4, 0.5) is 0 Å². The van der Waals surface area contributed by atoms with Crippen molar-refractivity contribution in [3.63, 3.8) is 0 Å². The molecule has 0 radical (unpaired) electrons. The largest absolute Gasteiger partial charge is 0.497 e. The Balaban J connectivity index is 1.45. The maximum Gasteiger partial charge on any atom is 0.240 e. The van der Waals surface area contributed by atoms with Gasteiger partial charge in [0, 0.05) is 33.0 Å². The molecule has 8 heteroatoms. The fourth-order valence-electron chi connectivity index (χ4n) is 5.03. The van der Waals surface area contributed by atoms with Crippen LogP contribution in [0.3, 0.4) is 0 Å². The number of nitrogens with zero attached hydrogens (tertiary/aromatic N) is 2. The summed E-state index contributed by atoms with van der Waals surface area (Å²) in [4.78, 5) is 43.1. The Morgan fingerprint density at radius 1 is 1.03 bits per heavy atom. The molecule has 8 nitrogen and oxygen atoms in total. The van der Waals surface area contributed by atoms with Crippen LogP contribution in [0.1, 0.15) is 36.8 Å². The van der Waals surface area contributed by atoms with Gasteiger partial charge < -0.3 is 19.1 Å². The van der Waals surface area contributed by atoms with Gasteiger partial charge in [0.2, 0.25) is 17.7 Å². The number of likely N-dealkylation sites (tertiary alicyclic amines) is 2. The minimum absolute atomic E-state index is 0.0505. The summed E-state index contributed by atoms with van der Waals surface area (Å²) in [5.41, 5.74) is 0.491. The van der Waals surface area contributed by atoms with E-state index in [0.717, 1.165) is 18.4 Å². The van der Waals surface area contributed by atoms with Gasteiger partial charge in [0.1, 0.15) is 5.75 Å². The first-order valence-electron chi connectivity index (χ1n) is 12.4. The predicted octanol–water partition coefficient (Wildman–Crippen LogP) is 2.94. The molecule has 0 N–H and O–H groups in total.